The molecule has 1 fully saturated rings. The second-order valence-electron chi connectivity index (χ2n) is 8.12. The first-order valence-electron chi connectivity index (χ1n) is 10.3. The lowest BCUT2D eigenvalue weighted by Crippen LogP contribution is -2.50. The zero-order valence-corrected chi connectivity index (χ0v) is 17.3. The monoisotopic (exact) mass is 465 g/mol. The molecular formula is C22H20F3N2O6-. The number of carboxylic acids is 1. The van der Waals surface area contributed by atoms with Gasteiger partial charge in [-0.1, -0.05) is 12.1 Å². The van der Waals surface area contributed by atoms with Crippen LogP contribution in [0.1, 0.15) is 18.0 Å². The molecule has 1 aromatic heterocycles. The maximum atomic E-state index is 12.6. The molecule has 0 radical (unpaired) electrons. The van der Waals surface area contributed by atoms with E-state index in [-0.39, 0.29) is 35.7 Å². The Morgan fingerprint density at radius 2 is 1.76 bits per heavy atom. The molecule has 33 heavy (non-hydrogen) atoms. The van der Waals surface area contributed by atoms with Crippen LogP contribution in [0, 0.1) is 5.92 Å². The van der Waals surface area contributed by atoms with Gasteiger partial charge < -0.3 is 28.8 Å². The fourth-order valence-electron chi connectivity index (χ4n) is 4.61. The zero-order valence-electron chi connectivity index (χ0n) is 17.3. The fraction of sp³-hybridized carbons (Fsp3) is 0.409. The Hall–Kier alpha value is -3.34. The third-order valence-electron chi connectivity index (χ3n) is 5.79. The highest BCUT2D eigenvalue weighted by Gasteiger charge is 2.38. The minimum Gasteiger partial charge on any atom is -0.548 e. The lowest BCUT2D eigenvalue weighted by molar-refractivity contribution is -0.309. The maximum Gasteiger partial charge on any atom is 0.573 e. The number of hydrogen-bond acceptors (Lipinski definition) is 6. The van der Waals surface area contributed by atoms with E-state index in [0.717, 1.165) is 12.1 Å². The Balaban J connectivity index is 1.60. The first kappa shape index (κ1) is 22.8. The van der Waals surface area contributed by atoms with Crippen molar-refractivity contribution in [2.75, 3.05) is 26.3 Å². The van der Waals surface area contributed by atoms with Crippen LogP contribution in [0.15, 0.2) is 41.2 Å². The van der Waals surface area contributed by atoms with Gasteiger partial charge in [0.1, 0.15) is 12.4 Å². The van der Waals surface area contributed by atoms with E-state index in [0.29, 0.717) is 30.8 Å². The van der Waals surface area contributed by atoms with Crippen LogP contribution in [-0.2, 0) is 20.9 Å². The molecule has 1 amide bonds. The minimum absolute atomic E-state index is 0.0388. The molecular weight excluding hydrogens is 445 g/mol. The van der Waals surface area contributed by atoms with E-state index in [1.54, 1.807) is 15.5 Å². The number of pyridine rings is 1. The molecule has 8 nitrogen and oxygen atoms in total. The van der Waals surface area contributed by atoms with Gasteiger partial charge in [-0.05, 0) is 36.1 Å². The number of amides is 1. The van der Waals surface area contributed by atoms with E-state index >= 15 is 0 Å². The minimum atomic E-state index is -4.79. The Bertz CT molecular complexity index is 1110. The van der Waals surface area contributed by atoms with Gasteiger partial charge >= 0.3 is 6.36 Å². The van der Waals surface area contributed by atoms with E-state index in [1.165, 1.54) is 30.3 Å². The number of alkyl halides is 3. The summed E-state index contributed by atoms with van der Waals surface area (Å²) in [6.45, 7) is 0.0716. The molecule has 1 aromatic carbocycles. The molecule has 0 saturated carbocycles. The third-order valence-corrected chi connectivity index (χ3v) is 5.79. The maximum absolute atomic E-state index is 12.6. The Morgan fingerprint density at radius 3 is 2.42 bits per heavy atom. The number of aromatic nitrogens is 1. The third kappa shape index (κ3) is 5.19. The number of carbonyl (C=O) groups excluding carboxylic acids is 2. The second kappa shape index (κ2) is 8.89. The number of benzene rings is 1. The molecule has 176 valence electrons. The summed E-state index contributed by atoms with van der Waals surface area (Å²) in [5.74, 6) is -2.25. The van der Waals surface area contributed by atoms with Crippen molar-refractivity contribution in [2.24, 2.45) is 5.92 Å². The number of hydrogen-bond donors (Lipinski definition) is 0. The molecule has 3 heterocycles. The van der Waals surface area contributed by atoms with Crippen LogP contribution in [0.4, 0.5) is 13.2 Å². The van der Waals surface area contributed by atoms with E-state index in [9.17, 15) is 32.7 Å². The summed E-state index contributed by atoms with van der Waals surface area (Å²) in [7, 11) is 0. The average molecular weight is 465 g/mol. The number of piperidine rings is 1. The predicted molar refractivity (Wildman–Crippen MR) is 106 cm³/mol. The number of likely N-dealkylation sites (tertiary alicyclic amines) is 1. The summed E-state index contributed by atoms with van der Waals surface area (Å²) >= 11 is 0. The Kier molecular flexibility index (Phi) is 6.15. The van der Waals surface area contributed by atoms with Gasteiger partial charge in [-0.2, -0.15) is 0 Å². The zero-order chi connectivity index (χ0) is 23.8. The number of ether oxygens (including phenoxy) is 2. The molecule has 4 rings (SSSR count). The Morgan fingerprint density at radius 1 is 1.03 bits per heavy atom. The van der Waals surface area contributed by atoms with Crippen molar-refractivity contribution in [3.63, 3.8) is 0 Å². The van der Waals surface area contributed by atoms with E-state index < -0.39 is 18.9 Å². The number of carbonyl (C=O) groups is 2. The predicted octanol–water partition coefficient (Wildman–Crippen LogP) is 1.13. The van der Waals surface area contributed by atoms with Crippen LogP contribution in [0.25, 0.3) is 11.1 Å². The van der Waals surface area contributed by atoms with Crippen molar-refractivity contribution in [2.45, 2.75) is 25.2 Å². The van der Waals surface area contributed by atoms with Crippen LogP contribution in [0.3, 0.4) is 0 Å². The summed E-state index contributed by atoms with van der Waals surface area (Å²) < 4.78 is 47.8. The number of halogens is 3. The van der Waals surface area contributed by atoms with Crippen molar-refractivity contribution < 1.29 is 37.3 Å². The van der Waals surface area contributed by atoms with Crippen LogP contribution >= 0.6 is 0 Å². The van der Waals surface area contributed by atoms with Crippen LogP contribution in [0.5, 0.6) is 5.75 Å². The SMILES string of the molecule is O=C([O-])COCC(=O)N1C[C@@H]2C[C@H](C1)c1c(-c3ccc(OC(F)(F)F)cc3)ccc(=O)n1C2. The summed E-state index contributed by atoms with van der Waals surface area (Å²) in [5, 5.41) is 10.5. The van der Waals surface area contributed by atoms with Crippen LogP contribution in [-0.4, -0.2) is 54.0 Å². The highest BCUT2D eigenvalue weighted by atomic mass is 19.4. The van der Waals surface area contributed by atoms with Gasteiger partial charge in [-0.15, -0.1) is 13.2 Å². The van der Waals surface area contributed by atoms with E-state index in [2.05, 4.69) is 4.74 Å². The van der Waals surface area contributed by atoms with E-state index in [4.69, 9.17) is 4.74 Å². The Labute approximate surface area is 186 Å². The van der Waals surface area contributed by atoms with Crippen molar-refractivity contribution in [3.8, 4) is 16.9 Å². The molecule has 2 aromatic rings. The number of fused-ring (bicyclic) bond motifs is 4. The molecule has 2 aliphatic rings. The first-order valence-corrected chi connectivity index (χ1v) is 10.3. The van der Waals surface area contributed by atoms with Crippen molar-refractivity contribution in [1.29, 1.82) is 0 Å². The molecule has 11 heteroatoms. The van der Waals surface area contributed by atoms with Gasteiger partial charge in [-0.25, -0.2) is 0 Å². The molecule has 0 N–H and O–H groups in total. The summed E-state index contributed by atoms with van der Waals surface area (Å²) in [5.41, 5.74) is 1.85. The first-order chi connectivity index (χ1) is 15.6. The summed E-state index contributed by atoms with van der Waals surface area (Å²) in [4.78, 5) is 37.2. The molecule has 0 aliphatic carbocycles. The van der Waals surface area contributed by atoms with Crippen molar-refractivity contribution >= 4 is 11.9 Å². The van der Waals surface area contributed by atoms with Gasteiger partial charge in [-0.3, -0.25) is 9.59 Å². The molecule has 2 aliphatic heterocycles. The van der Waals surface area contributed by atoms with Crippen LogP contribution in [0.2, 0.25) is 0 Å². The average Bonchev–Trinajstić information content (AvgIpc) is 2.73. The van der Waals surface area contributed by atoms with Gasteiger partial charge in [0.15, 0.2) is 0 Å². The highest BCUT2D eigenvalue weighted by molar-refractivity contribution is 5.78. The lowest BCUT2D eigenvalue weighted by Gasteiger charge is -2.43. The fourth-order valence-corrected chi connectivity index (χ4v) is 4.61. The topological polar surface area (TPSA) is 101 Å². The van der Waals surface area contributed by atoms with Crippen LogP contribution < -0.4 is 15.4 Å². The number of carboxylic acid groups (broad SMARTS) is 1. The normalized spacial score (nSPS) is 19.7. The second-order valence-corrected chi connectivity index (χ2v) is 8.12. The van der Waals surface area contributed by atoms with Gasteiger partial charge in [0, 0.05) is 42.9 Å². The van der Waals surface area contributed by atoms with Gasteiger partial charge in [0.05, 0.1) is 12.6 Å². The van der Waals surface area contributed by atoms with Crippen molar-refractivity contribution in [1.82, 2.24) is 9.47 Å². The molecule has 0 spiro atoms. The number of rotatable bonds is 6. The number of nitrogens with zero attached hydrogens (tertiary/aromatic N) is 2. The molecule has 2 atom stereocenters. The smallest absolute Gasteiger partial charge is 0.548 e. The summed E-state index contributed by atoms with van der Waals surface area (Å²) in [6.07, 6.45) is -4.05. The number of aliphatic carboxylic acids is 1. The van der Waals surface area contributed by atoms with Crippen molar-refractivity contribution in [3.05, 3.63) is 52.4 Å². The van der Waals surface area contributed by atoms with Gasteiger partial charge in [0.2, 0.25) is 5.91 Å². The standard InChI is InChI=1S/C22H21F3N2O6/c23-22(24,25)33-16-3-1-14(2-4-16)17-5-6-18(28)27-9-13-7-15(21(17)27)10-26(8-13)19(29)11-32-12-20(30)31/h1-6,13,15H,7-12H2,(H,30,31)/p-1/t13-,15+/m0/s1. The largest absolute Gasteiger partial charge is 0.573 e. The van der Waals surface area contributed by atoms with Gasteiger partial charge in [0.25, 0.3) is 5.56 Å². The van der Waals surface area contributed by atoms with E-state index in [1.807, 2.05) is 0 Å². The molecule has 0 unspecified atom stereocenters. The molecule has 2 bridgehead atoms. The molecule has 1 saturated heterocycles. The quantitative estimate of drug-likeness (QED) is 0.634. The lowest BCUT2D eigenvalue weighted by atomic mass is 9.80. The highest BCUT2D eigenvalue weighted by Crippen LogP contribution is 2.40. The summed E-state index contributed by atoms with van der Waals surface area (Å²) in [6, 6.07) is 8.47.